The summed E-state index contributed by atoms with van der Waals surface area (Å²) in [5.74, 6) is 1.93. The number of nitrogens with zero attached hydrogens (tertiary/aromatic N) is 2. The number of nitrogens with one attached hydrogen (secondary N) is 1. The van der Waals surface area contributed by atoms with E-state index in [2.05, 4.69) is 75.2 Å². The second-order valence-corrected chi connectivity index (χ2v) is 14.2. The molecule has 1 aliphatic carbocycles. The minimum atomic E-state index is -0.565. The predicted octanol–water partition coefficient (Wildman–Crippen LogP) is 6.77. The van der Waals surface area contributed by atoms with Gasteiger partial charge in [-0.3, -0.25) is 4.90 Å². The smallest absolute Gasteiger partial charge is 0.488 e. The first-order chi connectivity index (χ1) is 20.3. The maximum atomic E-state index is 13.1. The molecule has 8 nitrogen and oxygen atoms in total. The highest BCUT2D eigenvalue weighted by molar-refractivity contribution is 6.62. The third-order valence-electron chi connectivity index (χ3n) is 9.54. The van der Waals surface area contributed by atoms with Gasteiger partial charge < -0.3 is 23.8 Å². The standard InChI is InChI=1S/C34H36BN3O5/c1-32(2,3)41-31(39)38-26-14-19(26)15-27(38)30-36-25-11-8-18-13-24-22-10-9-21(35-42-33(4,5)34(6,7)43-35)12-20(22)17-40-28(24)16-23(18)29(25)37-30/h8-14,16,19,27H,15,17H2,1-7H3,(H,36,37)/t19-,27+/m1/s1. The van der Waals surface area contributed by atoms with Crippen molar-refractivity contribution in [3.63, 3.8) is 0 Å². The molecule has 220 valence electrons. The number of fused-ring (bicyclic) bond motifs is 7. The van der Waals surface area contributed by atoms with Gasteiger partial charge in [0.15, 0.2) is 0 Å². The van der Waals surface area contributed by atoms with Crippen LogP contribution in [0.3, 0.4) is 0 Å². The molecular weight excluding hydrogens is 541 g/mol. The lowest BCUT2D eigenvalue weighted by molar-refractivity contribution is 0.00578. The molecule has 1 amide bonds. The number of benzene rings is 3. The Hall–Kier alpha value is -3.82. The van der Waals surface area contributed by atoms with Gasteiger partial charge in [0, 0.05) is 22.6 Å². The minimum absolute atomic E-state index is 0.179. The summed E-state index contributed by atoms with van der Waals surface area (Å²) in [6.45, 7) is 14.4. The Bertz CT molecular complexity index is 1870. The molecule has 0 spiro atoms. The first kappa shape index (κ1) is 26.8. The Kier molecular flexibility index (Phi) is 5.38. The number of likely N-dealkylation sites (tertiary alicyclic amines) is 1. The zero-order valence-electron chi connectivity index (χ0n) is 25.7. The summed E-state index contributed by atoms with van der Waals surface area (Å²) in [5.41, 5.74) is 5.82. The molecule has 1 aromatic heterocycles. The molecule has 4 aromatic rings. The van der Waals surface area contributed by atoms with E-state index in [-0.39, 0.29) is 12.1 Å². The van der Waals surface area contributed by atoms with E-state index in [1.165, 1.54) is 0 Å². The van der Waals surface area contributed by atoms with Crippen molar-refractivity contribution < 1.29 is 23.6 Å². The molecule has 9 heteroatoms. The normalized spacial score (nSPS) is 23.1. The molecule has 0 unspecified atom stereocenters. The Morgan fingerprint density at radius 3 is 2.56 bits per heavy atom. The van der Waals surface area contributed by atoms with Crippen LogP contribution in [-0.4, -0.2) is 44.9 Å². The van der Waals surface area contributed by atoms with Gasteiger partial charge in [0.25, 0.3) is 0 Å². The Labute approximate surface area is 251 Å². The topological polar surface area (TPSA) is 85.9 Å². The summed E-state index contributed by atoms with van der Waals surface area (Å²) in [5, 5.41) is 2.13. The Morgan fingerprint density at radius 1 is 1.05 bits per heavy atom. The van der Waals surface area contributed by atoms with Crippen molar-refractivity contribution in [3.05, 3.63) is 65.6 Å². The lowest BCUT2D eigenvalue weighted by Crippen LogP contribution is -2.41. The van der Waals surface area contributed by atoms with Crippen LogP contribution < -0.4 is 10.2 Å². The second kappa shape index (κ2) is 8.64. The molecule has 3 aliphatic heterocycles. The van der Waals surface area contributed by atoms with Crippen molar-refractivity contribution >= 4 is 40.5 Å². The van der Waals surface area contributed by atoms with Crippen LogP contribution in [0.2, 0.25) is 0 Å². The molecule has 1 N–H and O–H groups in total. The average molecular weight is 577 g/mol. The lowest BCUT2D eigenvalue weighted by Gasteiger charge is -2.32. The Morgan fingerprint density at radius 2 is 1.81 bits per heavy atom. The van der Waals surface area contributed by atoms with Crippen molar-refractivity contribution in [2.75, 3.05) is 0 Å². The third kappa shape index (κ3) is 4.19. The molecule has 3 aromatic carbocycles. The quantitative estimate of drug-likeness (QED) is 0.265. The van der Waals surface area contributed by atoms with Crippen LogP contribution in [0, 0.1) is 5.92 Å². The summed E-state index contributed by atoms with van der Waals surface area (Å²) < 4.78 is 24.7. The van der Waals surface area contributed by atoms with E-state index in [1.807, 2.05) is 26.8 Å². The van der Waals surface area contributed by atoms with E-state index in [9.17, 15) is 4.79 Å². The zero-order valence-corrected chi connectivity index (χ0v) is 25.7. The number of carbonyl (C=O) groups excluding carboxylic acids is 1. The summed E-state index contributed by atoms with van der Waals surface area (Å²) in [6, 6.07) is 14.7. The molecule has 43 heavy (non-hydrogen) atoms. The van der Waals surface area contributed by atoms with Gasteiger partial charge in [-0.1, -0.05) is 30.3 Å². The van der Waals surface area contributed by atoms with Crippen LogP contribution in [0.15, 0.2) is 54.2 Å². The molecule has 8 rings (SSSR count). The van der Waals surface area contributed by atoms with Crippen molar-refractivity contribution in [3.8, 4) is 16.9 Å². The number of H-pyrrole nitrogens is 1. The average Bonchev–Trinajstić information content (AvgIpc) is 3.28. The number of aromatic amines is 1. The second-order valence-electron chi connectivity index (χ2n) is 14.2. The first-order valence-corrected chi connectivity index (χ1v) is 15.1. The molecule has 4 heterocycles. The number of ether oxygens (including phenoxy) is 2. The summed E-state index contributed by atoms with van der Waals surface area (Å²) in [7, 11) is -0.413. The molecule has 4 aliphatic rings. The highest BCUT2D eigenvalue weighted by Crippen LogP contribution is 2.52. The van der Waals surface area contributed by atoms with Crippen LogP contribution in [-0.2, 0) is 20.7 Å². The highest BCUT2D eigenvalue weighted by Gasteiger charge is 2.52. The largest absolute Gasteiger partial charge is 0.494 e. The van der Waals surface area contributed by atoms with E-state index < -0.39 is 23.9 Å². The molecule has 0 bridgehead atoms. The summed E-state index contributed by atoms with van der Waals surface area (Å²) in [4.78, 5) is 23.4. The molecule has 2 atom stereocenters. The van der Waals surface area contributed by atoms with Crippen molar-refractivity contribution in [1.29, 1.82) is 0 Å². The van der Waals surface area contributed by atoms with Crippen molar-refractivity contribution in [2.45, 2.75) is 84.3 Å². The van der Waals surface area contributed by atoms with Gasteiger partial charge in [0.1, 0.15) is 23.8 Å². The minimum Gasteiger partial charge on any atom is -0.488 e. The van der Waals surface area contributed by atoms with E-state index in [4.69, 9.17) is 23.8 Å². The van der Waals surface area contributed by atoms with Crippen LogP contribution >= 0.6 is 0 Å². The SMILES string of the molecule is CC(C)(C)OC(=O)N1C2=C[C@@H]2C[C@H]1c1nc2ccc3cc4c(cc3c2[nH]1)OCc1cc(B2OC(C)(C)C(C)(C)O2)ccc1-4. The number of aromatic nitrogens is 2. The summed E-state index contributed by atoms with van der Waals surface area (Å²) >= 11 is 0. The first-order valence-electron chi connectivity index (χ1n) is 15.1. The number of hydrogen-bond acceptors (Lipinski definition) is 6. The molecule has 2 saturated heterocycles. The number of rotatable bonds is 2. The number of hydrogen-bond donors (Lipinski definition) is 1. The van der Waals surface area contributed by atoms with Crippen LogP contribution in [0.1, 0.15) is 72.3 Å². The lowest BCUT2D eigenvalue weighted by atomic mass is 9.77. The van der Waals surface area contributed by atoms with Gasteiger partial charge >= 0.3 is 13.2 Å². The van der Waals surface area contributed by atoms with E-state index in [0.717, 1.165) is 67.7 Å². The Balaban J connectivity index is 1.13. The van der Waals surface area contributed by atoms with Gasteiger partial charge in [0.05, 0.1) is 28.3 Å². The summed E-state index contributed by atoms with van der Waals surface area (Å²) in [6.07, 6.45) is 2.62. The van der Waals surface area contributed by atoms with Gasteiger partial charge in [-0.2, -0.15) is 0 Å². The van der Waals surface area contributed by atoms with Crippen LogP contribution in [0.25, 0.3) is 32.9 Å². The maximum Gasteiger partial charge on any atom is 0.494 e. The monoisotopic (exact) mass is 577 g/mol. The van der Waals surface area contributed by atoms with E-state index in [0.29, 0.717) is 12.5 Å². The maximum absolute atomic E-state index is 13.1. The van der Waals surface area contributed by atoms with Crippen LogP contribution in [0.5, 0.6) is 5.75 Å². The fourth-order valence-electron chi connectivity index (χ4n) is 6.53. The fourth-order valence-corrected chi connectivity index (χ4v) is 6.53. The van der Waals surface area contributed by atoms with Crippen molar-refractivity contribution in [2.24, 2.45) is 5.92 Å². The number of amides is 1. The van der Waals surface area contributed by atoms with E-state index in [1.54, 1.807) is 4.90 Å². The van der Waals surface area contributed by atoms with E-state index >= 15 is 0 Å². The van der Waals surface area contributed by atoms with Gasteiger partial charge in [-0.25, -0.2) is 9.78 Å². The highest BCUT2D eigenvalue weighted by atomic mass is 16.7. The van der Waals surface area contributed by atoms with Gasteiger partial charge in [0.2, 0.25) is 0 Å². The molecular formula is C34H36BN3O5. The molecule has 0 radical (unpaired) electrons. The number of imidazole rings is 1. The van der Waals surface area contributed by atoms with Crippen molar-refractivity contribution in [1.82, 2.24) is 14.9 Å². The van der Waals surface area contributed by atoms with Crippen LogP contribution in [0.4, 0.5) is 4.79 Å². The zero-order chi connectivity index (χ0) is 30.1. The molecule has 2 fully saturated rings. The third-order valence-corrected chi connectivity index (χ3v) is 9.54. The van der Waals surface area contributed by atoms with Gasteiger partial charge in [-0.05, 0) is 95.1 Å². The predicted molar refractivity (Wildman–Crippen MR) is 166 cm³/mol. The fraction of sp³-hybridized carbons (Fsp3) is 0.412. The number of allylic oxidation sites excluding steroid dienone is 2. The van der Waals surface area contributed by atoms with Gasteiger partial charge in [-0.15, -0.1) is 0 Å². The molecule has 0 saturated carbocycles. The number of carbonyl (C=O) groups is 1.